The number of aromatic amines is 1. The second-order valence-electron chi connectivity index (χ2n) is 10.6. The van der Waals surface area contributed by atoms with Crippen molar-refractivity contribution in [2.24, 2.45) is 11.3 Å². The third kappa shape index (κ3) is 3.88. The number of hydrogen-bond acceptors (Lipinski definition) is 3. The smallest absolute Gasteiger partial charge is 0.0731 e. The van der Waals surface area contributed by atoms with Gasteiger partial charge in [0, 0.05) is 42.3 Å². The van der Waals surface area contributed by atoms with Crippen LogP contribution in [0.5, 0.6) is 0 Å². The van der Waals surface area contributed by atoms with E-state index in [0.717, 1.165) is 31.1 Å². The zero-order valence-corrected chi connectivity index (χ0v) is 19.7. The zero-order valence-electron chi connectivity index (χ0n) is 19.7. The summed E-state index contributed by atoms with van der Waals surface area (Å²) >= 11 is 0. The summed E-state index contributed by atoms with van der Waals surface area (Å²) in [5.41, 5.74) is 4.82. The van der Waals surface area contributed by atoms with Gasteiger partial charge in [-0.05, 0) is 42.9 Å². The van der Waals surface area contributed by atoms with Gasteiger partial charge in [-0.15, -0.1) is 0 Å². The lowest BCUT2D eigenvalue weighted by molar-refractivity contribution is 0.0475. The first-order valence-corrected chi connectivity index (χ1v) is 12.4. The molecular formula is C28H37N3O. The molecule has 0 radical (unpaired) electrons. The van der Waals surface area contributed by atoms with Gasteiger partial charge < -0.3 is 5.11 Å². The van der Waals surface area contributed by atoms with Crippen molar-refractivity contribution in [2.75, 3.05) is 13.1 Å². The normalized spacial score (nSPS) is 26.7. The minimum Gasteiger partial charge on any atom is -0.393 e. The largest absolute Gasteiger partial charge is 0.393 e. The molecule has 2 heterocycles. The fourth-order valence-electron chi connectivity index (χ4n) is 6.30. The predicted molar refractivity (Wildman–Crippen MR) is 131 cm³/mol. The monoisotopic (exact) mass is 431 g/mol. The molecule has 1 unspecified atom stereocenters. The fraction of sp³-hybridized carbons (Fsp3) is 0.536. The molecule has 2 aliphatic rings. The van der Waals surface area contributed by atoms with E-state index in [4.69, 9.17) is 5.10 Å². The van der Waals surface area contributed by atoms with Crippen molar-refractivity contribution in [1.82, 2.24) is 15.1 Å². The summed E-state index contributed by atoms with van der Waals surface area (Å²) < 4.78 is 0. The van der Waals surface area contributed by atoms with E-state index in [0.29, 0.717) is 5.92 Å². The first-order chi connectivity index (χ1) is 15.5. The van der Waals surface area contributed by atoms with Crippen molar-refractivity contribution in [3.05, 3.63) is 65.4 Å². The molecule has 1 saturated heterocycles. The minimum atomic E-state index is -0.372. The van der Waals surface area contributed by atoms with Gasteiger partial charge in [-0.1, -0.05) is 69.2 Å². The summed E-state index contributed by atoms with van der Waals surface area (Å²) in [6, 6.07) is 17.5. The van der Waals surface area contributed by atoms with Crippen molar-refractivity contribution in [3.8, 4) is 0 Å². The number of nitrogens with one attached hydrogen (secondary N) is 1. The number of hydrogen-bond donors (Lipinski definition) is 2. The molecule has 170 valence electrons. The first-order valence-electron chi connectivity index (χ1n) is 12.4. The summed E-state index contributed by atoms with van der Waals surface area (Å²) in [6.45, 7) is 9.33. The SMILES string of the molecule is CC(c1n[nH]c2cc([C@@H]3CN(Cc4ccccc4)C[C@@]3(C)[C@@H](C)O)ccc12)C1CCCC1. The van der Waals surface area contributed by atoms with Crippen LogP contribution < -0.4 is 0 Å². The number of aliphatic hydroxyl groups excluding tert-OH is 1. The Hall–Kier alpha value is -2.17. The molecule has 0 spiro atoms. The molecule has 2 fully saturated rings. The van der Waals surface area contributed by atoms with Gasteiger partial charge in [0.25, 0.3) is 0 Å². The Labute approximate surface area is 192 Å². The third-order valence-corrected chi connectivity index (χ3v) is 8.56. The van der Waals surface area contributed by atoms with Gasteiger partial charge in [0.2, 0.25) is 0 Å². The predicted octanol–water partition coefficient (Wildman–Crippen LogP) is 5.84. The zero-order chi connectivity index (χ0) is 22.3. The second-order valence-corrected chi connectivity index (χ2v) is 10.6. The Morgan fingerprint density at radius 1 is 1.12 bits per heavy atom. The Morgan fingerprint density at radius 2 is 1.88 bits per heavy atom. The van der Waals surface area contributed by atoms with Crippen LogP contribution in [0.2, 0.25) is 0 Å². The van der Waals surface area contributed by atoms with Crippen LogP contribution >= 0.6 is 0 Å². The quantitative estimate of drug-likeness (QED) is 0.515. The summed E-state index contributed by atoms with van der Waals surface area (Å²) in [5.74, 6) is 1.56. The van der Waals surface area contributed by atoms with Crippen LogP contribution in [-0.4, -0.2) is 39.4 Å². The topological polar surface area (TPSA) is 52.2 Å². The fourth-order valence-corrected chi connectivity index (χ4v) is 6.30. The number of benzene rings is 2. The standard InChI is InChI=1S/C28H37N3O/c1-19(22-11-7-8-12-22)27-24-14-13-23(15-26(24)29-30-27)25-17-31(18-28(25,3)20(2)32)16-21-9-5-4-6-10-21/h4-6,9-10,13-15,19-20,22,25,32H,7-8,11-12,16-18H2,1-3H3,(H,29,30)/t19?,20-,25+,28+/m1/s1. The number of aliphatic hydroxyl groups is 1. The number of rotatable bonds is 6. The highest BCUT2D eigenvalue weighted by molar-refractivity contribution is 5.82. The Balaban J connectivity index is 1.42. The van der Waals surface area contributed by atoms with Gasteiger partial charge in [0.15, 0.2) is 0 Å². The molecule has 5 rings (SSSR count). The summed E-state index contributed by atoms with van der Waals surface area (Å²) in [5, 5.41) is 20.2. The number of likely N-dealkylation sites (tertiary alicyclic amines) is 1. The van der Waals surface area contributed by atoms with E-state index in [-0.39, 0.29) is 17.4 Å². The Bertz CT molecular complexity index is 1050. The Kier molecular flexibility index (Phi) is 5.85. The Morgan fingerprint density at radius 3 is 2.59 bits per heavy atom. The van der Waals surface area contributed by atoms with E-state index in [1.807, 2.05) is 6.92 Å². The lowest BCUT2D eigenvalue weighted by Crippen LogP contribution is -2.37. The van der Waals surface area contributed by atoms with Crippen LogP contribution in [0.25, 0.3) is 10.9 Å². The van der Waals surface area contributed by atoms with Crippen LogP contribution in [0, 0.1) is 11.3 Å². The molecule has 4 atom stereocenters. The number of aromatic nitrogens is 2. The molecule has 4 nitrogen and oxygen atoms in total. The summed E-state index contributed by atoms with van der Waals surface area (Å²) in [4.78, 5) is 2.50. The van der Waals surface area contributed by atoms with Crippen molar-refractivity contribution >= 4 is 10.9 Å². The van der Waals surface area contributed by atoms with Crippen LogP contribution in [-0.2, 0) is 6.54 Å². The molecule has 2 aromatic carbocycles. The van der Waals surface area contributed by atoms with Crippen LogP contribution in [0.1, 0.15) is 75.1 Å². The van der Waals surface area contributed by atoms with E-state index in [9.17, 15) is 5.11 Å². The van der Waals surface area contributed by atoms with Crippen LogP contribution in [0.4, 0.5) is 0 Å². The van der Waals surface area contributed by atoms with Gasteiger partial charge in [-0.25, -0.2) is 0 Å². The molecule has 4 heteroatoms. The van der Waals surface area contributed by atoms with Gasteiger partial charge in [0.1, 0.15) is 0 Å². The minimum absolute atomic E-state index is 0.178. The maximum Gasteiger partial charge on any atom is 0.0731 e. The van der Waals surface area contributed by atoms with E-state index in [1.54, 1.807) is 0 Å². The van der Waals surface area contributed by atoms with E-state index in [2.05, 4.69) is 72.4 Å². The van der Waals surface area contributed by atoms with E-state index >= 15 is 0 Å². The van der Waals surface area contributed by atoms with Crippen molar-refractivity contribution in [3.63, 3.8) is 0 Å². The van der Waals surface area contributed by atoms with Gasteiger partial charge in [-0.2, -0.15) is 5.10 Å². The molecule has 1 aliphatic carbocycles. The van der Waals surface area contributed by atoms with Gasteiger partial charge in [-0.3, -0.25) is 10.00 Å². The average Bonchev–Trinajstić information content (AvgIpc) is 3.53. The molecule has 32 heavy (non-hydrogen) atoms. The molecule has 0 bridgehead atoms. The average molecular weight is 432 g/mol. The molecule has 3 aromatic rings. The summed E-state index contributed by atoms with van der Waals surface area (Å²) in [7, 11) is 0. The van der Waals surface area contributed by atoms with Crippen LogP contribution in [0.3, 0.4) is 0 Å². The van der Waals surface area contributed by atoms with Crippen molar-refractivity contribution in [1.29, 1.82) is 0 Å². The molecule has 1 saturated carbocycles. The highest BCUT2D eigenvalue weighted by Gasteiger charge is 2.46. The molecule has 1 aliphatic heterocycles. The maximum atomic E-state index is 10.8. The number of fused-ring (bicyclic) bond motifs is 1. The van der Waals surface area contributed by atoms with Gasteiger partial charge in [0.05, 0.1) is 17.3 Å². The molecular weight excluding hydrogens is 394 g/mol. The molecule has 1 aromatic heterocycles. The second kappa shape index (κ2) is 8.64. The van der Waals surface area contributed by atoms with Crippen molar-refractivity contribution < 1.29 is 5.11 Å². The van der Waals surface area contributed by atoms with Gasteiger partial charge >= 0.3 is 0 Å². The number of H-pyrrole nitrogens is 1. The molecule has 2 N–H and O–H groups in total. The lowest BCUT2D eigenvalue weighted by atomic mass is 9.72. The van der Waals surface area contributed by atoms with E-state index in [1.165, 1.54) is 47.9 Å². The highest BCUT2D eigenvalue weighted by Crippen LogP contribution is 2.46. The highest BCUT2D eigenvalue weighted by atomic mass is 16.3. The maximum absolute atomic E-state index is 10.8. The summed E-state index contributed by atoms with van der Waals surface area (Å²) in [6.07, 6.45) is 5.02. The lowest BCUT2D eigenvalue weighted by Gasteiger charge is -2.34. The van der Waals surface area contributed by atoms with Crippen LogP contribution in [0.15, 0.2) is 48.5 Å². The third-order valence-electron chi connectivity index (χ3n) is 8.56. The first kappa shape index (κ1) is 21.7. The molecule has 0 amide bonds. The van der Waals surface area contributed by atoms with E-state index < -0.39 is 0 Å². The van der Waals surface area contributed by atoms with Crippen molar-refractivity contribution in [2.45, 2.75) is 70.9 Å². The number of nitrogens with zero attached hydrogens (tertiary/aromatic N) is 2.